The number of carbonyl (C=O) groups excluding carboxylic acids is 1. The van der Waals surface area contributed by atoms with E-state index in [1.807, 2.05) is 12.1 Å². The fourth-order valence-corrected chi connectivity index (χ4v) is 2.17. The zero-order chi connectivity index (χ0) is 14.7. The van der Waals surface area contributed by atoms with Gasteiger partial charge >= 0.3 is 0 Å². The highest BCUT2D eigenvalue weighted by Crippen LogP contribution is 2.47. The molecule has 2 aromatic rings. The third kappa shape index (κ3) is 3.07. The smallest absolute Gasteiger partial charge is 0.245 e. The number of hydrogen-bond acceptors (Lipinski definition) is 6. The van der Waals surface area contributed by atoms with Crippen molar-refractivity contribution in [3.8, 4) is 5.88 Å². The summed E-state index contributed by atoms with van der Waals surface area (Å²) in [5.74, 6) is 0.858. The van der Waals surface area contributed by atoms with Crippen molar-refractivity contribution in [2.24, 2.45) is 5.92 Å². The molecule has 0 bridgehead atoms. The standard InChI is InChI=1S/C14H15N5O2/c1-21-12-4-6-16-14(17-12)19-18-13(20)11-7-10(11)9-3-2-5-15-8-9/h2-6,8,10-11H,7H2,1H3,(H,18,20)(H,16,17,19). The van der Waals surface area contributed by atoms with E-state index < -0.39 is 0 Å². The van der Waals surface area contributed by atoms with Crippen LogP contribution in [-0.2, 0) is 4.79 Å². The molecule has 2 aromatic heterocycles. The first-order valence-corrected chi connectivity index (χ1v) is 6.61. The van der Waals surface area contributed by atoms with E-state index in [1.54, 1.807) is 24.7 Å². The number of nitrogens with one attached hydrogen (secondary N) is 2. The van der Waals surface area contributed by atoms with Gasteiger partial charge in [-0.3, -0.25) is 20.6 Å². The molecule has 21 heavy (non-hydrogen) atoms. The summed E-state index contributed by atoms with van der Waals surface area (Å²) in [5, 5.41) is 0. The molecule has 1 fully saturated rings. The largest absolute Gasteiger partial charge is 0.481 e. The molecule has 0 radical (unpaired) electrons. The van der Waals surface area contributed by atoms with Gasteiger partial charge in [0.15, 0.2) is 0 Å². The molecule has 0 aromatic carbocycles. The van der Waals surface area contributed by atoms with E-state index >= 15 is 0 Å². The van der Waals surface area contributed by atoms with Crippen molar-refractivity contribution in [1.82, 2.24) is 20.4 Å². The van der Waals surface area contributed by atoms with Crippen LogP contribution in [0.4, 0.5) is 5.95 Å². The van der Waals surface area contributed by atoms with Gasteiger partial charge in [-0.25, -0.2) is 4.98 Å². The van der Waals surface area contributed by atoms with E-state index in [2.05, 4.69) is 25.8 Å². The second kappa shape index (κ2) is 5.74. The van der Waals surface area contributed by atoms with Crippen molar-refractivity contribution in [2.75, 3.05) is 12.5 Å². The molecule has 1 saturated carbocycles. The number of amides is 1. The summed E-state index contributed by atoms with van der Waals surface area (Å²) in [6.07, 6.45) is 5.91. The molecule has 1 aliphatic carbocycles. The van der Waals surface area contributed by atoms with Gasteiger partial charge in [-0.05, 0) is 24.0 Å². The number of carbonyl (C=O) groups is 1. The third-order valence-corrected chi connectivity index (χ3v) is 3.38. The van der Waals surface area contributed by atoms with Crippen LogP contribution in [0.5, 0.6) is 5.88 Å². The number of hydrogen-bond donors (Lipinski definition) is 2. The van der Waals surface area contributed by atoms with E-state index in [9.17, 15) is 4.79 Å². The maximum absolute atomic E-state index is 12.0. The molecule has 0 saturated heterocycles. The van der Waals surface area contributed by atoms with Gasteiger partial charge in [-0.2, -0.15) is 4.98 Å². The molecule has 7 nitrogen and oxygen atoms in total. The van der Waals surface area contributed by atoms with Crippen LogP contribution < -0.4 is 15.6 Å². The average molecular weight is 285 g/mol. The Kier molecular flexibility index (Phi) is 3.63. The number of ether oxygens (including phenoxy) is 1. The van der Waals surface area contributed by atoms with Gasteiger partial charge in [0.2, 0.25) is 17.7 Å². The van der Waals surface area contributed by atoms with Gasteiger partial charge in [-0.1, -0.05) is 6.07 Å². The van der Waals surface area contributed by atoms with Gasteiger partial charge in [0, 0.05) is 30.6 Å². The third-order valence-electron chi connectivity index (χ3n) is 3.38. The molecule has 108 valence electrons. The molecule has 2 atom stereocenters. The summed E-state index contributed by atoms with van der Waals surface area (Å²) >= 11 is 0. The summed E-state index contributed by atoms with van der Waals surface area (Å²) < 4.78 is 4.99. The Morgan fingerprint density at radius 1 is 1.38 bits per heavy atom. The van der Waals surface area contributed by atoms with Crippen molar-refractivity contribution in [1.29, 1.82) is 0 Å². The molecule has 1 aliphatic rings. The van der Waals surface area contributed by atoms with Gasteiger partial charge in [0.25, 0.3) is 0 Å². The fraction of sp³-hybridized carbons (Fsp3) is 0.286. The van der Waals surface area contributed by atoms with Crippen LogP contribution in [0.2, 0.25) is 0 Å². The Bertz CT molecular complexity index is 634. The van der Waals surface area contributed by atoms with E-state index in [4.69, 9.17) is 4.74 Å². The summed E-state index contributed by atoms with van der Waals surface area (Å²) in [6.45, 7) is 0. The van der Waals surface area contributed by atoms with Crippen LogP contribution in [-0.4, -0.2) is 28.0 Å². The molecule has 2 unspecified atom stereocenters. The van der Waals surface area contributed by atoms with Gasteiger partial charge in [0.05, 0.1) is 7.11 Å². The molecule has 2 heterocycles. The minimum Gasteiger partial charge on any atom is -0.481 e. The monoisotopic (exact) mass is 285 g/mol. The summed E-state index contributed by atoms with van der Waals surface area (Å²) in [4.78, 5) is 24.1. The molecular weight excluding hydrogens is 270 g/mol. The zero-order valence-corrected chi connectivity index (χ0v) is 11.5. The van der Waals surface area contributed by atoms with Crippen molar-refractivity contribution < 1.29 is 9.53 Å². The quantitative estimate of drug-likeness (QED) is 0.800. The predicted molar refractivity (Wildman–Crippen MR) is 75.4 cm³/mol. The topological polar surface area (TPSA) is 89.0 Å². The summed E-state index contributed by atoms with van der Waals surface area (Å²) in [5.41, 5.74) is 6.41. The minimum atomic E-state index is -0.0738. The van der Waals surface area contributed by atoms with Crippen molar-refractivity contribution in [3.63, 3.8) is 0 Å². The SMILES string of the molecule is COc1ccnc(NNC(=O)C2CC2c2cccnc2)n1. The number of nitrogens with zero attached hydrogens (tertiary/aromatic N) is 3. The van der Waals surface area contributed by atoms with Crippen LogP contribution in [0, 0.1) is 5.92 Å². The van der Waals surface area contributed by atoms with E-state index in [0.29, 0.717) is 11.8 Å². The summed E-state index contributed by atoms with van der Waals surface area (Å²) in [6, 6.07) is 5.50. The highest BCUT2D eigenvalue weighted by atomic mass is 16.5. The molecular formula is C14H15N5O2. The summed E-state index contributed by atoms with van der Waals surface area (Å²) in [7, 11) is 1.52. The first kappa shape index (κ1) is 13.3. The second-order valence-corrected chi connectivity index (χ2v) is 4.77. The van der Waals surface area contributed by atoms with E-state index in [0.717, 1.165) is 12.0 Å². The Morgan fingerprint density at radius 2 is 2.29 bits per heavy atom. The molecule has 0 aliphatic heterocycles. The molecule has 7 heteroatoms. The number of pyridine rings is 1. The highest BCUT2D eigenvalue weighted by molar-refractivity contribution is 5.83. The normalized spacial score (nSPS) is 19.7. The van der Waals surface area contributed by atoms with Crippen molar-refractivity contribution >= 4 is 11.9 Å². The van der Waals surface area contributed by atoms with E-state index in [1.165, 1.54) is 7.11 Å². The Labute approximate surface area is 121 Å². The average Bonchev–Trinajstić information content (AvgIpc) is 3.34. The minimum absolute atomic E-state index is 0.0349. The lowest BCUT2D eigenvalue weighted by molar-refractivity contribution is -0.121. The van der Waals surface area contributed by atoms with Gasteiger partial charge in [-0.15, -0.1) is 0 Å². The Hall–Kier alpha value is -2.70. The fourth-order valence-electron chi connectivity index (χ4n) is 2.17. The number of methoxy groups -OCH3 is 1. The molecule has 0 spiro atoms. The lowest BCUT2D eigenvalue weighted by atomic mass is 10.1. The lowest BCUT2D eigenvalue weighted by Crippen LogP contribution is -2.31. The maximum Gasteiger partial charge on any atom is 0.245 e. The molecule has 2 N–H and O–H groups in total. The van der Waals surface area contributed by atoms with Crippen LogP contribution >= 0.6 is 0 Å². The molecule has 3 rings (SSSR count). The number of hydrazine groups is 1. The Balaban J connectivity index is 1.54. The number of aromatic nitrogens is 3. The molecule has 1 amide bonds. The van der Waals surface area contributed by atoms with Crippen molar-refractivity contribution in [2.45, 2.75) is 12.3 Å². The zero-order valence-electron chi connectivity index (χ0n) is 11.5. The maximum atomic E-state index is 12.0. The van der Waals surface area contributed by atoms with Crippen LogP contribution in [0.3, 0.4) is 0 Å². The second-order valence-electron chi connectivity index (χ2n) is 4.77. The first-order chi connectivity index (χ1) is 10.3. The van der Waals surface area contributed by atoms with Crippen molar-refractivity contribution in [3.05, 3.63) is 42.4 Å². The van der Waals surface area contributed by atoms with Crippen LogP contribution in [0.1, 0.15) is 17.9 Å². The highest BCUT2D eigenvalue weighted by Gasteiger charge is 2.44. The predicted octanol–water partition coefficient (Wildman–Crippen LogP) is 1.13. The first-order valence-electron chi connectivity index (χ1n) is 6.61. The van der Waals surface area contributed by atoms with Crippen LogP contribution in [0.25, 0.3) is 0 Å². The Morgan fingerprint density at radius 3 is 3.05 bits per heavy atom. The van der Waals surface area contributed by atoms with Gasteiger partial charge < -0.3 is 4.74 Å². The number of anilines is 1. The van der Waals surface area contributed by atoms with Gasteiger partial charge in [0.1, 0.15) is 0 Å². The number of rotatable bonds is 5. The lowest BCUT2D eigenvalue weighted by Gasteiger charge is -2.07. The van der Waals surface area contributed by atoms with E-state index in [-0.39, 0.29) is 17.7 Å². The van der Waals surface area contributed by atoms with Crippen LogP contribution in [0.15, 0.2) is 36.8 Å².